The van der Waals surface area contributed by atoms with Crippen molar-refractivity contribution in [2.45, 2.75) is 32.7 Å². The first kappa shape index (κ1) is 14.6. The fraction of sp³-hybridized carbons (Fsp3) is 0.700. The summed E-state index contributed by atoms with van der Waals surface area (Å²) in [6, 6.07) is -0.298. The molecule has 0 aliphatic carbocycles. The molecule has 0 aromatic carbocycles. The first-order valence-electron chi connectivity index (χ1n) is 5.47. The Hall–Kier alpha value is -0.500. The van der Waals surface area contributed by atoms with Crippen molar-refractivity contribution in [1.82, 2.24) is 9.71 Å². The largest absolute Gasteiger partial charge is 0.396 e. The van der Waals surface area contributed by atoms with Crippen LogP contribution >= 0.6 is 11.3 Å². The molecule has 98 valence electrons. The summed E-state index contributed by atoms with van der Waals surface area (Å²) >= 11 is 1.45. The molecule has 1 atom stereocenters. The second-order valence-electron chi connectivity index (χ2n) is 3.92. The topological polar surface area (TPSA) is 79.3 Å². The van der Waals surface area contributed by atoms with Crippen LogP contribution in [0.15, 0.2) is 5.38 Å². The van der Waals surface area contributed by atoms with Crippen LogP contribution in [0.5, 0.6) is 0 Å². The van der Waals surface area contributed by atoms with E-state index in [4.69, 9.17) is 5.11 Å². The van der Waals surface area contributed by atoms with Gasteiger partial charge in [0, 0.05) is 17.7 Å². The summed E-state index contributed by atoms with van der Waals surface area (Å²) in [5.74, 6) is 0.0439. The molecular weight excluding hydrogens is 260 g/mol. The van der Waals surface area contributed by atoms with E-state index in [-0.39, 0.29) is 18.4 Å². The van der Waals surface area contributed by atoms with E-state index in [2.05, 4.69) is 9.71 Å². The molecule has 1 aromatic rings. The maximum Gasteiger partial charge on any atom is 0.212 e. The number of hydrogen-bond acceptors (Lipinski definition) is 5. The highest BCUT2D eigenvalue weighted by atomic mass is 32.2. The second-order valence-corrected chi connectivity index (χ2v) is 6.68. The van der Waals surface area contributed by atoms with Gasteiger partial charge in [-0.05, 0) is 26.7 Å². The van der Waals surface area contributed by atoms with Crippen LogP contribution in [-0.4, -0.2) is 30.9 Å². The van der Waals surface area contributed by atoms with Gasteiger partial charge in [-0.3, -0.25) is 0 Å². The zero-order valence-corrected chi connectivity index (χ0v) is 11.6. The third-order valence-corrected chi connectivity index (χ3v) is 4.87. The summed E-state index contributed by atoms with van der Waals surface area (Å²) in [5, 5.41) is 11.3. The van der Waals surface area contributed by atoms with Gasteiger partial charge < -0.3 is 5.11 Å². The standard InChI is InChI=1S/C10H18N2O3S2/c1-8-7-16-10(11-8)9(2)12-17(14,15)6-4-3-5-13/h7,9,12-13H,3-6H2,1-2H3. The van der Waals surface area contributed by atoms with Crippen molar-refractivity contribution < 1.29 is 13.5 Å². The third kappa shape index (κ3) is 5.12. The molecule has 0 bridgehead atoms. The van der Waals surface area contributed by atoms with E-state index in [1.54, 1.807) is 6.92 Å². The number of aryl methyl sites for hydroxylation is 1. The molecule has 0 saturated carbocycles. The molecule has 0 saturated heterocycles. The molecule has 1 heterocycles. The molecule has 1 unspecified atom stereocenters. The SMILES string of the molecule is Cc1csc(C(C)NS(=O)(=O)CCCCO)n1. The van der Waals surface area contributed by atoms with Gasteiger partial charge in [-0.1, -0.05) is 0 Å². The van der Waals surface area contributed by atoms with E-state index in [0.717, 1.165) is 10.7 Å². The van der Waals surface area contributed by atoms with Crippen LogP contribution in [-0.2, 0) is 10.0 Å². The molecule has 0 radical (unpaired) electrons. The van der Waals surface area contributed by atoms with Crippen LogP contribution in [0, 0.1) is 6.92 Å². The Morgan fingerprint density at radius 1 is 1.53 bits per heavy atom. The third-order valence-electron chi connectivity index (χ3n) is 2.18. The highest BCUT2D eigenvalue weighted by Crippen LogP contribution is 2.18. The molecular formula is C10H18N2O3S2. The van der Waals surface area contributed by atoms with Crippen molar-refractivity contribution in [2.24, 2.45) is 0 Å². The minimum absolute atomic E-state index is 0.0246. The Labute approximate surface area is 106 Å². The molecule has 2 N–H and O–H groups in total. The predicted molar refractivity (Wildman–Crippen MR) is 68.5 cm³/mol. The van der Waals surface area contributed by atoms with E-state index in [1.807, 2.05) is 12.3 Å². The number of nitrogens with zero attached hydrogens (tertiary/aromatic N) is 1. The molecule has 7 heteroatoms. The average molecular weight is 278 g/mol. The van der Waals surface area contributed by atoms with Crippen molar-refractivity contribution in [3.05, 3.63) is 16.1 Å². The summed E-state index contributed by atoms with van der Waals surface area (Å²) in [4.78, 5) is 4.24. The van der Waals surface area contributed by atoms with Crippen molar-refractivity contribution in [2.75, 3.05) is 12.4 Å². The van der Waals surface area contributed by atoms with Gasteiger partial charge in [-0.2, -0.15) is 0 Å². The van der Waals surface area contributed by atoms with E-state index >= 15 is 0 Å². The van der Waals surface area contributed by atoms with Crippen LogP contribution in [0.25, 0.3) is 0 Å². The molecule has 1 rings (SSSR count). The number of aliphatic hydroxyl groups excluding tert-OH is 1. The summed E-state index contributed by atoms with van der Waals surface area (Å²) in [6.07, 6.45) is 0.973. The fourth-order valence-corrected chi connectivity index (χ4v) is 3.58. The number of thiazole rings is 1. The second kappa shape index (κ2) is 6.44. The van der Waals surface area contributed by atoms with Gasteiger partial charge in [0.05, 0.1) is 11.8 Å². The smallest absolute Gasteiger partial charge is 0.212 e. The van der Waals surface area contributed by atoms with E-state index < -0.39 is 10.0 Å². The van der Waals surface area contributed by atoms with Crippen molar-refractivity contribution in [1.29, 1.82) is 0 Å². The van der Waals surface area contributed by atoms with Gasteiger partial charge in [0.2, 0.25) is 10.0 Å². The van der Waals surface area contributed by atoms with E-state index in [0.29, 0.717) is 12.8 Å². The van der Waals surface area contributed by atoms with Gasteiger partial charge in [-0.15, -0.1) is 11.3 Å². The summed E-state index contributed by atoms with van der Waals surface area (Å²) in [5.41, 5.74) is 0.899. The monoisotopic (exact) mass is 278 g/mol. The van der Waals surface area contributed by atoms with E-state index in [9.17, 15) is 8.42 Å². The first-order valence-corrected chi connectivity index (χ1v) is 8.00. The van der Waals surface area contributed by atoms with Crippen LogP contribution in [0.1, 0.15) is 36.5 Å². The number of aliphatic hydroxyl groups is 1. The maximum absolute atomic E-state index is 11.7. The molecule has 0 aliphatic heterocycles. The average Bonchev–Trinajstić information content (AvgIpc) is 2.64. The molecule has 5 nitrogen and oxygen atoms in total. The lowest BCUT2D eigenvalue weighted by atomic mass is 10.4. The van der Waals surface area contributed by atoms with Gasteiger partial charge in [-0.25, -0.2) is 18.1 Å². The number of unbranched alkanes of at least 4 members (excludes halogenated alkanes) is 1. The predicted octanol–water partition coefficient (Wildman–Crippen LogP) is 1.20. The number of aromatic nitrogens is 1. The lowest BCUT2D eigenvalue weighted by Gasteiger charge is -2.11. The van der Waals surface area contributed by atoms with Crippen molar-refractivity contribution in [3.63, 3.8) is 0 Å². The Morgan fingerprint density at radius 2 is 2.24 bits per heavy atom. The number of rotatable bonds is 7. The van der Waals surface area contributed by atoms with Crippen molar-refractivity contribution in [3.8, 4) is 0 Å². The molecule has 1 aromatic heterocycles. The van der Waals surface area contributed by atoms with Crippen LogP contribution in [0.2, 0.25) is 0 Å². The first-order chi connectivity index (χ1) is 7.94. The van der Waals surface area contributed by atoms with E-state index in [1.165, 1.54) is 11.3 Å². The molecule has 0 fully saturated rings. The zero-order chi connectivity index (χ0) is 12.9. The molecule has 0 amide bonds. The highest BCUT2D eigenvalue weighted by Gasteiger charge is 2.17. The van der Waals surface area contributed by atoms with Gasteiger partial charge >= 0.3 is 0 Å². The Balaban J connectivity index is 2.52. The summed E-state index contributed by atoms with van der Waals surface area (Å²) in [7, 11) is -3.29. The van der Waals surface area contributed by atoms with Crippen LogP contribution in [0.3, 0.4) is 0 Å². The van der Waals surface area contributed by atoms with Gasteiger partial charge in [0.15, 0.2) is 0 Å². The minimum atomic E-state index is -3.29. The highest BCUT2D eigenvalue weighted by molar-refractivity contribution is 7.89. The Morgan fingerprint density at radius 3 is 2.76 bits per heavy atom. The lowest BCUT2D eigenvalue weighted by Crippen LogP contribution is -2.29. The normalized spacial score (nSPS) is 13.8. The maximum atomic E-state index is 11.7. The molecule has 17 heavy (non-hydrogen) atoms. The van der Waals surface area contributed by atoms with Crippen LogP contribution in [0.4, 0.5) is 0 Å². The van der Waals surface area contributed by atoms with Gasteiger partial charge in [0.25, 0.3) is 0 Å². The number of nitrogens with one attached hydrogen (secondary N) is 1. The quantitative estimate of drug-likeness (QED) is 0.735. The van der Waals surface area contributed by atoms with Gasteiger partial charge in [0.1, 0.15) is 5.01 Å². The summed E-state index contributed by atoms with van der Waals surface area (Å²) < 4.78 is 25.9. The van der Waals surface area contributed by atoms with Crippen molar-refractivity contribution >= 4 is 21.4 Å². The summed E-state index contributed by atoms with van der Waals surface area (Å²) in [6.45, 7) is 3.68. The number of sulfonamides is 1. The Bertz CT molecular complexity index is 442. The minimum Gasteiger partial charge on any atom is -0.396 e. The number of hydrogen-bond donors (Lipinski definition) is 2. The fourth-order valence-electron chi connectivity index (χ4n) is 1.35. The lowest BCUT2D eigenvalue weighted by molar-refractivity contribution is 0.287. The molecule has 0 aliphatic rings. The Kier molecular flexibility index (Phi) is 5.51. The molecule has 0 spiro atoms. The van der Waals surface area contributed by atoms with Crippen LogP contribution < -0.4 is 4.72 Å². The zero-order valence-electron chi connectivity index (χ0n) is 10.0.